The smallest absolute Gasteiger partial charge is 0.273 e. The standard InChI is InChI=1S/C16H34N2O3S/c1-5-7-9-11-13-16(3,14-12-10-8-6-2)15(19)18-22(20,21)17-4/h17H,5-14H2,1-4H3,(H,18,19). The number of rotatable bonds is 13. The van der Waals surface area contributed by atoms with Gasteiger partial charge >= 0.3 is 10.2 Å². The van der Waals surface area contributed by atoms with Crippen LogP contribution in [0, 0.1) is 5.41 Å². The predicted octanol–water partition coefficient (Wildman–Crippen LogP) is 3.51. The zero-order chi connectivity index (χ0) is 17.1. The van der Waals surface area contributed by atoms with E-state index in [1.165, 1.54) is 7.05 Å². The minimum absolute atomic E-state index is 0.380. The Morgan fingerprint density at radius 2 is 1.36 bits per heavy atom. The summed E-state index contributed by atoms with van der Waals surface area (Å²) in [6.07, 6.45) is 10.2. The lowest BCUT2D eigenvalue weighted by atomic mass is 9.79. The van der Waals surface area contributed by atoms with Gasteiger partial charge in [0.2, 0.25) is 5.91 Å². The van der Waals surface area contributed by atoms with Crippen LogP contribution in [0.3, 0.4) is 0 Å². The van der Waals surface area contributed by atoms with Crippen molar-refractivity contribution in [1.82, 2.24) is 9.44 Å². The largest absolute Gasteiger partial charge is 0.301 e. The summed E-state index contributed by atoms with van der Waals surface area (Å²) in [5.74, 6) is -0.380. The second-order valence-corrected chi connectivity index (χ2v) is 7.94. The second-order valence-electron chi connectivity index (χ2n) is 6.32. The predicted molar refractivity (Wildman–Crippen MR) is 91.7 cm³/mol. The molecule has 0 aliphatic carbocycles. The summed E-state index contributed by atoms with van der Waals surface area (Å²) in [7, 11) is -2.42. The first kappa shape index (κ1) is 21.4. The molecule has 0 bridgehead atoms. The fourth-order valence-corrected chi connectivity index (χ4v) is 3.12. The molecule has 0 spiro atoms. The maximum Gasteiger partial charge on any atom is 0.301 e. The van der Waals surface area contributed by atoms with Crippen LogP contribution in [0.1, 0.15) is 85.0 Å². The van der Waals surface area contributed by atoms with Crippen molar-refractivity contribution in [2.45, 2.75) is 85.0 Å². The average Bonchev–Trinajstić information content (AvgIpc) is 2.48. The molecule has 0 saturated heterocycles. The van der Waals surface area contributed by atoms with Crippen LogP contribution in [0.25, 0.3) is 0 Å². The Balaban J connectivity index is 4.70. The molecule has 0 unspecified atom stereocenters. The molecule has 0 aliphatic rings. The Bertz CT molecular complexity index is 396. The molecule has 0 aromatic rings. The van der Waals surface area contributed by atoms with Gasteiger partial charge in [0.25, 0.3) is 0 Å². The van der Waals surface area contributed by atoms with Crippen molar-refractivity contribution < 1.29 is 13.2 Å². The van der Waals surface area contributed by atoms with Gasteiger partial charge in [-0.2, -0.15) is 8.42 Å². The Hall–Kier alpha value is -0.620. The molecule has 5 nitrogen and oxygen atoms in total. The molecule has 6 heteroatoms. The lowest BCUT2D eigenvalue weighted by Crippen LogP contribution is -2.46. The highest BCUT2D eigenvalue weighted by Gasteiger charge is 2.34. The topological polar surface area (TPSA) is 75.3 Å². The fraction of sp³-hybridized carbons (Fsp3) is 0.938. The molecule has 0 heterocycles. The number of carbonyl (C=O) groups is 1. The van der Waals surface area contributed by atoms with Gasteiger partial charge in [-0.3, -0.25) is 4.79 Å². The molecule has 0 rings (SSSR count). The van der Waals surface area contributed by atoms with E-state index in [-0.39, 0.29) is 5.91 Å². The minimum atomic E-state index is -3.72. The van der Waals surface area contributed by atoms with Crippen molar-refractivity contribution in [2.75, 3.05) is 7.05 Å². The van der Waals surface area contributed by atoms with Crippen LogP contribution >= 0.6 is 0 Å². The number of amides is 1. The first-order valence-corrected chi connectivity index (χ1v) is 10.1. The van der Waals surface area contributed by atoms with Crippen LogP contribution in [0.2, 0.25) is 0 Å². The summed E-state index contributed by atoms with van der Waals surface area (Å²) in [5.41, 5.74) is -0.606. The molecular formula is C16H34N2O3S. The Labute approximate surface area is 136 Å². The van der Waals surface area contributed by atoms with Gasteiger partial charge in [0.1, 0.15) is 0 Å². The molecule has 1 amide bonds. The van der Waals surface area contributed by atoms with Gasteiger partial charge in [-0.1, -0.05) is 72.1 Å². The van der Waals surface area contributed by atoms with Gasteiger partial charge in [0.15, 0.2) is 0 Å². The average molecular weight is 335 g/mol. The van der Waals surface area contributed by atoms with Crippen molar-refractivity contribution >= 4 is 16.1 Å². The third kappa shape index (κ3) is 8.73. The van der Waals surface area contributed by atoms with Crippen LogP contribution in [0.4, 0.5) is 0 Å². The highest BCUT2D eigenvalue weighted by Crippen LogP contribution is 2.32. The van der Waals surface area contributed by atoms with Gasteiger partial charge < -0.3 is 0 Å². The number of hydrogen-bond donors (Lipinski definition) is 2. The summed E-state index contributed by atoms with van der Waals surface area (Å²) < 4.78 is 27.4. The van der Waals surface area contributed by atoms with Crippen LogP contribution in [-0.2, 0) is 15.0 Å². The van der Waals surface area contributed by atoms with E-state index in [1.807, 2.05) is 6.92 Å². The molecule has 0 aromatic heterocycles. The first-order chi connectivity index (χ1) is 10.3. The molecule has 2 N–H and O–H groups in total. The van der Waals surface area contributed by atoms with E-state index in [9.17, 15) is 13.2 Å². The molecule has 0 saturated carbocycles. The first-order valence-electron chi connectivity index (χ1n) is 8.57. The van der Waals surface area contributed by atoms with Gasteiger partial charge in [-0.15, -0.1) is 0 Å². The van der Waals surface area contributed by atoms with Crippen LogP contribution in [0.5, 0.6) is 0 Å². The zero-order valence-corrected chi connectivity index (χ0v) is 15.5. The minimum Gasteiger partial charge on any atom is -0.273 e. The monoisotopic (exact) mass is 334 g/mol. The zero-order valence-electron chi connectivity index (χ0n) is 14.7. The fourth-order valence-electron chi connectivity index (χ4n) is 2.53. The highest BCUT2D eigenvalue weighted by atomic mass is 32.2. The van der Waals surface area contributed by atoms with Crippen LogP contribution in [-0.4, -0.2) is 21.4 Å². The van der Waals surface area contributed by atoms with Crippen molar-refractivity contribution in [3.8, 4) is 0 Å². The van der Waals surface area contributed by atoms with Crippen LogP contribution < -0.4 is 9.44 Å². The molecule has 0 radical (unpaired) electrons. The summed E-state index contributed by atoms with van der Waals surface area (Å²) in [6.45, 7) is 6.19. The number of nitrogens with one attached hydrogen (secondary N) is 2. The lowest BCUT2D eigenvalue weighted by Gasteiger charge is -2.28. The van der Waals surface area contributed by atoms with Crippen molar-refractivity contribution in [3.05, 3.63) is 0 Å². The Kier molecular flexibility index (Phi) is 10.7. The highest BCUT2D eigenvalue weighted by molar-refractivity contribution is 7.88. The van der Waals surface area contributed by atoms with Gasteiger partial charge in [-0.05, 0) is 12.8 Å². The Morgan fingerprint density at radius 3 is 1.73 bits per heavy atom. The van der Waals surface area contributed by atoms with E-state index in [1.54, 1.807) is 0 Å². The summed E-state index contributed by atoms with van der Waals surface area (Å²) >= 11 is 0. The molecule has 0 aliphatic heterocycles. The molecular weight excluding hydrogens is 300 g/mol. The molecule has 0 fully saturated rings. The number of hydrogen-bond acceptors (Lipinski definition) is 3. The van der Waals surface area contributed by atoms with E-state index in [4.69, 9.17) is 0 Å². The SMILES string of the molecule is CCCCCCC(C)(CCCCCC)C(=O)NS(=O)(=O)NC. The second kappa shape index (κ2) is 11.0. The molecule has 0 aromatic carbocycles. The van der Waals surface area contributed by atoms with Crippen molar-refractivity contribution in [2.24, 2.45) is 5.41 Å². The van der Waals surface area contributed by atoms with E-state index >= 15 is 0 Å². The van der Waals surface area contributed by atoms with Gasteiger partial charge in [0, 0.05) is 12.5 Å². The quantitative estimate of drug-likeness (QED) is 0.506. The van der Waals surface area contributed by atoms with Gasteiger partial charge in [0.05, 0.1) is 0 Å². The van der Waals surface area contributed by atoms with E-state index in [2.05, 4.69) is 23.3 Å². The van der Waals surface area contributed by atoms with E-state index in [0.29, 0.717) is 0 Å². The van der Waals surface area contributed by atoms with Crippen molar-refractivity contribution in [1.29, 1.82) is 0 Å². The van der Waals surface area contributed by atoms with E-state index < -0.39 is 15.6 Å². The normalized spacial score (nSPS) is 12.4. The third-order valence-electron chi connectivity index (χ3n) is 4.21. The van der Waals surface area contributed by atoms with Crippen molar-refractivity contribution in [3.63, 3.8) is 0 Å². The maximum atomic E-state index is 12.4. The van der Waals surface area contributed by atoms with Crippen LogP contribution in [0.15, 0.2) is 0 Å². The summed E-state index contributed by atoms with van der Waals surface area (Å²) in [4.78, 5) is 12.4. The number of unbranched alkanes of at least 4 members (excludes halogenated alkanes) is 6. The summed E-state index contributed by atoms with van der Waals surface area (Å²) in [6, 6.07) is 0. The third-order valence-corrected chi connectivity index (χ3v) is 5.20. The lowest BCUT2D eigenvalue weighted by molar-refractivity contribution is -0.129. The maximum absolute atomic E-state index is 12.4. The molecule has 132 valence electrons. The molecule has 0 atom stereocenters. The summed E-state index contributed by atoms with van der Waals surface area (Å²) in [5, 5.41) is 0. The number of carbonyl (C=O) groups excluding carboxylic acids is 1. The molecule has 22 heavy (non-hydrogen) atoms. The van der Waals surface area contributed by atoms with Gasteiger partial charge in [-0.25, -0.2) is 9.44 Å². The van der Waals surface area contributed by atoms with E-state index in [0.717, 1.165) is 64.2 Å². The Morgan fingerprint density at radius 1 is 0.909 bits per heavy atom.